The summed E-state index contributed by atoms with van der Waals surface area (Å²) in [5.41, 5.74) is 0.808. The standard InChI is InChI=1S/C12H16N4O4/c17-3-6-1-7(11(20)10(6)19)16-5-15-9-8(18)2-13-4-14-12(9)16/h1,4-5,7-8,10-11,17-20H,2-3H2,(H,13,14)/t7-,8-,10+,11-/m1/s1. The van der Waals surface area contributed by atoms with E-state index in [-0.39, 0.29) is 13.2 Å². The minimum Gasteiger partial charge on any atom is -0.392 e. The van der Waals surface area contributed by atoms with Crippen molar-refractivity contribution in [1.29, 1.82) is 0 Å². The van der Waals surface area contributed by atoms with Gasteiger partial charge in [-0.25, -0.2) is 4.98 Å². The number of nitrogens with one attached hydrogen (secondary N) is 1. The SMILES string of the molecule is OCC1=C[C@@H](n2cnc3c2NC=NC[C@H]3O)[C@@H](O)[C@H]1O. The maximum Gasteiger partial charge on any atom is 0.137 e. The summed E-state index contributed by atoms with van der Waals surface area (Å²) >= 11 is 0. The summed E-state index contributed by atoms with van der Waals surface area (Å²) in [4.78, 5) is 8.10. The summed E-state index contributed by atoms with van der Waals surface area (Å²) in [6.45, 7) is -0.103. The molecule has 20 heavy (non-hydrogen) atoms. The number of imidazole rings is 1. The topological polar surface area (TPSA) is 123 Å². The minimum atomic E-state index is -1.10. The van der Waals surface area contributed by atoms with E-state index in [4.69, 9.17) is 5.11 Å². The molecular weight excluding hydrogens is 264 g/mol. The number of hydrogen-bond acceptors (Lipinski definition) is 7. The van der Waals surface area contributed by atoms with Gasteiger partial charge < -0.3 is 30.3 Å². The predicted octanol–water partition coefficient (Wildman–Crippen LogP) is -1.43. The molecule has 2 heterocycles. The van der Waals surface area contributed by atoms with E-state index in [9.17, 15) is 15.3 Å². The highest BCUT2D eigenvalue weighted by Gasteiger charge is 2.37. The summed E-state index contributed by atoms with van der Waals surface area (Å²) in [7, 11) is 0. The molecule has 0 radical (unpaired) electrons. The van der Waals surface area contributed by atoms with E-state index in [0.717, 1.165) is 0 Å². The van der Waals surface area contributed by atoms with Crippen molar-refractivity contribution in [2.24, 2.45) is 4.99 Å². The highest BCUT2D eigenvalue weighted by atomic mass is 16.3. The Hall–Kier alpha value is -1.74. The van der Waals surface area contributed by atoms with Crippen LogP contribution in [0.4, 0.5) is 5.82 Å². The second-order valence-corrected chi connectivity index (χ2v) is 4.87. The molecule has 0 fully saturated rings. The van der Waals surface area contributed by atoms with E-state index in [2.05, 4.69) is 15.3 Å². The quantitative estimate of drug-likeness (QED) is 0.423. The van der Waals surface area contributed by atoms with Crippen LogP contribution in [0.3, 0.4) is 0 Å². The van der Waals surface area contributed by atoms with Crippen molar-refractivity contribution in [2.45, 2.75) is 24.4 Å². The van der Waals surface area contributed by atoms with Crippen molar-refractivity contribution >= 4 is 12.2 Å². The zero-order chi connectivity index (χ0) is 14.3. The summed E-state index contributed by atoms with van der Waals surface area (Å²) in [5, 5.41) is 41.9. The lowest BCUT2D eigenvalue weighted by atomic mass is 10.1. The lowest BCUT2D eigenvalue weighted by Gasteiger charge is -2.20. The first-order chi connectivity index (χ1) is 9.63. The molecule has 8 nitrogen and oxygen atoms in total. The fourth-order valence-corrected chi connectivity index (χ4v) is 2.55. The van der Waals surface area contributed by atoms with Gasteiger partial charge in [0.2, 0.25) is 0 Å². The molecule has 0 aromatic carbocycles. The third-order valence-electron chi connectivity index (χ3n) is 3.65. The number of aromatic nitrogens is 2. The average molecular weight is 280 g/mol. The Balaban J connectivity index is 2.00. The Morgan fingerprint density at radius 2 is 2.15 bits per heavy atom. The van der Waals surface area contributed by atoms with Gasteiger partial charge in [-0.1, -0.05) is 6.08 Å². The number of hydrogen-bond donors (Lipinski definition) is 5. The monoisotopic (exact) mass is 280 g/mol. The van der Waals surface area contributed by atoms with Gasteiger partial charge in [0.1, 0.15) is 29.8 Å². The largest absolute Gasteiger partial charge is 0.392 e. The highest BCUT2D eigenvalue weighted by Crippen LogP contribution is 2.34. The summed E-state index contributed by atoms with van der Waals surface area (Å²) in [5.74, 6) is 0.519. The number of aliphatic imine (C=N–C) groups is 1. The predicted molar refractivity (Wildman–Crippen MR) is 70.4 cm³/mol. The van der Waals surface area contributed by atoms with Crippen molar-refractivity contribution in [3.05, 3.63) is 23.7 Å². The molecule has 1 aromatic rings. The van der Waals surface area contributed by atoms with Crippen LogP contribution >= 0.6 is 0 Å². The van der Waals surface area contributed by atoms with E-state index < -0.39 is 24.4 Å². The van der Waals surface area contributed by atoms with Gasteiger partial charge in [0.25, 0.3) is 0 Å². The Morgan fingerprint density at radius 1 is 1.35 bits per heavy atom. The molecule has 108 valence electrons. The number of nitrogens with zero attached hydrogens (tertiary/aromatic N) is 3. The number of fused-ring (bicyclic) bond motifs is 1. The molecule has 0 spiro atoms. The van der Waals surface area contributed by atoms with Crippen LogP contribution in [0.15, 0.2) is 23.0 Å². The maximum absolute atomic E-state index is 10.1. The maximum atomic E-state index is 10.1. The van der Waals surface area contributed by atoms with E-state index in [1.807, 2.05) is 0 Å². The molecule has 4 atom stereocenters. The van der Waals surface area contributed by atoms with E-state index in [0.29, 0.717) is 17.1 Å². The fourth-order valence-electron chi connectivity index (χ4n) is 2.55. The summed E-state index contributed by atoms with van der Waals surface area (Å²) in [6, 6.07) is -0.561. The minimum absolute atomic E-state index is 0.213. The lowest BCUT2D eigenvalue weighted by Crippen LogP contribution is -2.30. The molecular formula is C12H16N4O4. The fraction of sp³-hybridized carbons (Fsp3) is 0.500. The number of aliphatic hydroxyl groups excluding tert-OH is 4. The van der Waals surface area contributed by atoms with E-state index in [1.165, 1.54) is 12.7 Å². The van der Waals surface area contributed by atoms with Crippen LogP contribution in [0.2, 0.25) is 0 Å². The second-order valence-electron chi connectivity index (χ2n) is 4.87. The molecule has 8 heteroatoms. The van der Waals surface area contributed by atoms with E-state index in [1.54, 1.807) is 10.6 Å². The van der Waals surface area contributed by atoms with Crippen LogP contribution in [-0.2, 0) is 0 Å². The first-order valence-corrected chi connectivity index (χ1v) is 6.30. The third kappa shape index (κ3) is 1.93. The van der Waals surface area contributed by atoms with Crippen LogP contribution in [0.25, 0.3) is 0 Å². The summed E-state index contributed by atoms with van der Waals surface area (Å²) < 4.78 is 1.62. The van der Waals surface area contributed by atoms with Crippen molar-refractivity contribution < 1.29 is 20.4 Å². The molecule has 0 bridgehead atoms. The van der Waals surface area contributed by atoms with Gasteiger partial charge in [-0.05, 0) is 5.57 Å². The van der Waals surface area contributed by atoms with Gasteiger partial charge >= 0.3 is 0 Å². The van der Waals surface area contributed by atoms with Crippen LogP contribution in [0, 0.1) is 0 Å². The smallest absolute Gasteiger partial charge is 0.137 e. The third-order valence-corrected chi connectivity index (χ3v) is 3.65. The molecule has 2 aliphatic rings. The van der Waals surface area contributed by atoms with Gasteiger partial charge in [-0.3, -0.25) is 4.99 Å². The number of anilines is 1. The Kier molecular flexibility index (Phi) is 3.30. The highest BCUT2D eigenvalue weighted by molar-refractivity contribution is 5.76. The van der Waals surface area contributed by atoms with Gasteiger partial charge in [0.15, 0.2) is 0 Å². The molecule has 1 aliphatic heterocycles. The van der Waals surface area contributed by atoms with Gasteiger partial charge in [0.05, 0.1) is 31.9 Å². The van der Waals surface area contributed by atoms with E-state index >= 15 is 0 Å². The lowest BCUT2D eigenvalue weighted by molar-refractivity contribution is 0.0284. The second kappa shape index (κ2) is 4.98. The Bertz CT molecular complexity index is 568. The number of rotatable bonds is 2. The molecule has 0 saturated heterocycles. The molecule has 5 N–H and O–H groups in total. The molecule has 1 aliphatic carbocycles. The van der Waals surface area contributed by atoms with Gasteiger partial charge in [0, 0.05) is 0 Å². The Labute approximate surface area is 114 Å². The van der Waals surface area contributed by atoms with Crippen LogP contribution in [0.1, 0.15) is 17.8 Å². The van der Waals surface area contributed by atoms with Crippen molar-refractivity contribution in [3.8, 4) is 0 Å². The van der Waals surface area contributed by atoms with Crippen LogP contribution in [-0.4, -0.2) is 61.7 Å². The number of aliphatic hydroxyl groups is 4. The zero-order valence-electron chi connectivity index (χ0n) is 10.6. The first-order valence-electron chi connectivity index (χ1n) is 6.30. The van der Waals surface area contributed by atoms with Crippen molar-refractivity contribution in [3.63, 3.8) is 0 Å². The molecule has 0 amide bonds. The molecule has 1 aromatic heterocycles. The van der Waals surface area contributed by atoms with Crippen molar-refractivity contribution in [1.82, 2.24) is 9.55 Å². The normalized spacial score (nSPS) is 32.5. The van der Waals surface area contributed by atoms with Crippen molar-refractivity contribution in [2.75, 3.05) is 18.5 Å². The van der Waals surface area contributed by atoms with Gasteiger partial charge in [-0.15, -0.1) is 0 Å². The summed E-state index contributed by atoms with van der Waals surface area (Å²) in [6.07, 6.45) is 1.55. The van der Waals surface area contributed by atoms with Crippen LogP contribution in [0.5, 0.6) is 0 Å². The van der Waals surface area contributed by atoms with Gasteiger partial charge in [-0.2, -0.15) is 0 Å². The first kappa shape index (κ1) is 13.3. The zero-order valence-corrected chi connectivity index (χ0v) is 10.6. The Morgan fingerprint density at radius 3 is 2.85 bits per heavy atom. The average Bonchev–Trinajstić information content (AvgIpc) is 2.92. The molecule has 0 unspecified atom stereocenters. The molecule has 0 saturated carbocycles. The molecule has 3 rings (SSSR count). The van der Waals surface area contributed by atoms with Crippen LogP contribution < -0.4 is 5.32 Å².